The van der Waals surface area contributed by atoms with Crippen LogP contribution in [-0.2, 0) is 6.42 Å². The van der Waals surface area contributed by atoms with Gasteiger partial charge in [-0.3, -0.25) is 0 Å². The zero-order valence-electron chi connectivity index (χ0n) is 11.9. The van der Waals surface area contributed by atoms with Gasteiger partial charge in [0.15, 0.2) is 0 Å². The van der Waals surface area contributed by atoms with Gasteiger partial charge in [0.05, 0.1) is 7.11 Å². The van der Waals surface area contributed by atoms with E-state index in [0.29, 0.717) is 6.54 Å². The fourth-order valence-corrected chi connectivity index (χ4v) is 2.66. The van der Waals surface area contributed by atoms with Crippen molar-refractivity contribution >= 4 is 22.4 Å². The number of aromatic nitrogens is 2. The van der Waals surface area contributed by atoms with Crippen LogP contribution in [-0.4, -0.2) is 29.6 Å². The van der Waals surface area contributed by atoms with Crippen molar-refractivity contribution in [2.75, 3.05) is 25.1 Å². The number of benzene rings is 1. The second kappa shape index (κ2) is 7.21. The van der Waals surface area contributed by atoms with Crippen molar-refractivity contribution in [1.82, 2.24) is 9.36 Å². The van der Waals surface area contributed by atoms with Gasteiger partial charge in [0.2, 0.25) is 5.13 Å². The molecule has 1 heterocycles. The van der Waals surface area contributed by atoms with Gasteiger partial charge in [-0.2, -0.15) is 4.37 Å². The molecule has 0 spiro atoms. The van der Waals surface area contributed by atoms with Crippen LogP contribution in [0.1, 0.15) is 19.2 Å². The van der Waals surface area contributed by atoms with Crippen molar-refractivity contribution in [2.45, 2.75) is 19.8 Å². The maximum atomic E-state index is 5.64. The van der Waals surface area contributed by atoms with E-state index in [2.05, 4.69) is 21.2 Å². The summed E-state index contributed by atoms with van der Waals surface area (Å²) in [5.74, 6) is 1.71. The molecule has 0 aliphatic carbocycles. The van der Waals surface area contributed by atoms with Crippen LogP contribution in [0.4, 0.5) is 10.8 Å². The topological polar surface area (TPSA) is 64.3 Å². The highest BCUT2D eigenvalue weighted by Crippen LogP contribution is 2.29. The van der Waals surface area contributed by atoms with Crippen LogP contribution in [0.5, 0.6) is 5.75 Å². The molecule has 0 amide bonds. The predicted octanol–water partition coefficient (Wildman–Crippen LogP) is 2.60. The lowest BCUT2D eigenvalue weighted by molar-refractivity contribution is 0.415. The summed E-state index contributed by atoms with van der Waals surface area (Å²) in [7, 11) is 1.67. The summed E-state index contributed by atoms with van der Waals surface area (Å²) in [6.45, 7) is 3.53. The summed E-state index contributed by atoms with van der Waals surface area (Å²) in [6.07, 6.45) is 1.75. The van der Waals surface area contributed by atoms with Gasteiger partial charge >= 0.3 is 0 Å². The van der Waals surface area contributed by atoms with Gasteiger partial charge in [-0.05, 0) is 25.1 Å². The molecule has 0 saturated carbocycles. The lowest BCUT2D eigenvalue weighted by atomic mass is 10.2. The normalized spacial score (nSPS) is 10.6. The lowest BCUT2D eigenvalue weighted by Gasteiger charge is -2.21. The molecule has 1 aromatic carbocycles. The molecule has 1 aromatic heterocycles. The molecular weight excluding hydrogens is 272 g/mol. The highest BCUT2D eigenvalue weighted by atomic mass is 32.1. The Morgan fingerprint density at radius 3 is 2.90 bits per heavy atom. The number of methoxy groups -OCH3 is 1. The molecule has 6 heteroatoms. The largest absolute Gasteiger partial charge is 0.497 e. The number of anilines is 2. The molecule has 0 bridgehead atoms. The minimum Gasteiger partial charge on any atom is -0.497 e. The fraction of sp³-hybridized carbons (Fsp3) is 0.429. The third-order valence-corrected chi connectivity index (χ3v) is 3.73. The third kappa shape index (κ3) is 3.46. The molecule has 0 unspecified atom stereocenters. The summed E-state index contributed by atoms with van der Waals surface area (Å²) in [4.78, 5) is 6.71. The Balaban J connectivity index is 2.30. The molecule has 20 heavy (non-hydrogen) atoms. The molecule has 0 aliphatic heterocycles. The Morgan fingerprint density at radius 2 is 2.25 bits per heavy atom. The van der Waals surface area contributed by atoms with E-state index < -0.39 is 0 Å². The first kappa shape index (κ1) is 14.7. The summed E-state index contributed by atoms with van der Waals surface area (Å²) in [6, 6.07) is 7.96. The Hall–Kier alpha value is -1.66. The highest BCUT2D eigenvalue weighted by Gasteiger charge is 2.14. The number of hydrogen-bond acceptors (Lipinski definition) is 6. The van der Waals surface area contributed by atoms with Gasteiger partial charge in [-0.1, -0.05) is 13.0 Å². The maximum absolute atomic E-state index is 5.64. The van der Waals surface area contributed by atoms with Crippen LogP contribution < -0.4 is 15.4 Å². The van der Waals surface area contributed by atoms with Crippen LogP contribution >= 0.6 is 11.5 Å². The van der Waals surface area contributed by atoms with E-state index in [4.69, 9.17) is 10.5 Å². The number of aryl methyl sites for hydroxylation is 1. The average Bonchev–Trinajstić information content (AvgIpc) is 2.97. The van der Waals surface area contributed by atoms with Gasteiger partial charge in [0.25, 0.3) is 0 Å². The lowest BCUT2D eigenvalue weighted by Crippen LogP contribution is -2.20. The molecule has 5 nitrogen and oxygen atoms in total. The zero-order chi connectivity index (χ0) is 14.4. The smallest absolute Gasteiger partial charge is 0.209 e. The first-order valence-corrected chi connectivity index (χ1v) is 7.50. The Morgan fingerprint density at radius 1 is 1.40 bits per heavy atom. The average molecular weight is 292 g/mol. The van der Waals surface area contributed by atoms with Crippen molar-refractivity contribution in [2.24, 2.45) is 5.73 Å². The molecule has 0 saturated heterocycles. The molecular formula is C14H20N4OS. The summed E-state index contributed by atoms with van der Waals surface area (Å²) >= 11 is 1.42. The number of nitrogens with zero attached hydrogens (tertiary/aromatic N) is 3. The molecule has 2 aromatic rings. The molecule has 2 N–H and O–H groups in total. The van der Waals surface area contributed by atoms with Gasteiger partial charge in [0.1, 0.15) is 11.6 Å². The molecule has 2 rings (SSSR count). The van der Waals surface area contributed by atoms with Crippen LogP contribution in [0, 0.1) is 0 Å². The standard InChI is InChI=1S/C14H20N4OS/c1-3-13-16-14(20-17-13)18(9-5-8-15)11-6-4-7-12(10-11)19-2/h4,6-7,10H,3,5,8-9,15H2,1-2H3. The van der Waals surface area contributed by atoms with E-state index in [9.17, 15) is 0 Å². The van der Waals surface area contributed by atoms with E-state index in [0.717, 1.165) is 41.8 Å². The van der Waals surface area contributed by atoms with E-state index in [1.165, 1.54) is 11.5 Å². The Bertz CT molecular complexity index is 543. The molecule has 0 fully saturated rings. The molecule has 108 valence electrons. The summed E-state index contributed by atoms with van der Waals surface area (Å²) in [5, 5.41) is 0.906. The van der Waals surface area contributed by atoms with Gasteiger partial charge in [-0.25, -0.2) is 4.98 Å². The number of hydrogen-bond donors (Lipinski definition) is 1. The monoisotopic (exact) mass is 292 g/mol. The fourth-order valence-electron chi connectivity index (χ4n) is 1.86. The van der Waals surface area contributed by atoms with E-state index in [-0.39, 0.29) is 0 Å². The van der Waals surface area contributed by atoms with Crippen molar-refractivity contribution in [3.05, 3.63) is 30.1 Å². The number of rotatable bonds is 7. The number of nitrogens with two attached hydrogens (primary N) is 1. The van der Waals surface area contributed by atoms with Crippen LogP contribution in [0.25, 0.3) is 0 Å². The van der Waals surface area contributed by atoms with Crippen molar-refractivity contribution < 1.29 is 4.74 Å². The first-order valence-electron chi connectivity index (χ1n) is 6.72. The first-order chi connectivity index (χ1) is 9.78. The molecule has 0 radical (unpaired) electrons. The van der Waals surface area contributed by atoms with Crippen molar-refractivity contribution in [3.8, 4) is 5.75 Å². The minimum atomic E-state index is 0.653. The summed E-state index contributed by atoms with van der Waals surface area (Å²) in [5.41, 5.74) is 6.69. The van der Waals surface area contributed by atoms with Crippen molar-refractivity contribution in [1.29, 1.82) is 0 Å². The quantitative estimate of drug-likeness (QED) is 0.849. The van der Waals surface area contributed by atoms with Gasteiger partial charge in [-0.15, -0.1) is 0 Å². The van der Waals surface area contributed by atoms with Crippen LogP contribution in [0.15, 0.2) is 24.3 Å². The zero-order valence-corrected chi connectivity index (χ0v) is 12.7. The summed E-state index contributed by atoms with van der Waals surface area (Å²) < 4.78 is 9.65. The van der Waals surface area contributed by atoms with Gasteiger partial charge in [0, 0.05) is 36.3 Å². The second-order valence-electron chi connectivity index (χ2n) is 4.34. The Labute approximate surface area is 123 Å². The third-order valence-electron chi connectivity index (χ3n) is 2.96. The minimum absolute atomic E-state index is 0.653. The Kier molecular flexibility index (Phi) is 5.31. The maximum Gasteiger partial charge on any atom is 0.209 e. The van der Waals surface area contributed by atoms with Gasteiger partial charge < -0.3 is 15.4 Å². The second-order valence-corrected chi connectivity index (χ2v) is 5.07. The van der Waals surface area contributed by atoms with Crippen LogP contribution in [0.3, 0.4) is 0 Å². The van der Waals surface area contributed by atoms with E-state index >= 15 is 0 Å². The highest BCUT2D eigenvalue weighted by molar-refractivity contribution is 7.09. The number of ether oxygens (including phenoxy) is 1. The SMILES string of the molecule is CCc1nsc(N(CCCN)c2cccc(OC)c2)n1. The molecule has 0 aliphatic rings. The van der Waals surface area contributed by atoms with E-state index in [1.807, 2.05) is 24.3 Å². The predicted molar refractivity (Wildman–Crippen MR) is 83.0 cm³/mol. The van der Waals surface area contributed by atoms with Crippen molar-refractivity contribution in [3.63, 3.8) is 0 Å². The van der Waals surface area contributed by atoms with Crippen LogP contribution in [0.2, 0.25) is 0 Å². The van der Waals surface area contributed by atoms with E-state index in [1.54, 1.807) is 7.11 Å². The molecule has 0 atom stereocenters.